The molecule has 1 amide bonds. The lowest BCUT2D eigenvalue weighted by Crippen LogP contribution is -2.47. The Bertz CT molecular complexity index is 1710. The van der Waals surface area contributed by atoms with Gasteiger partial charge in [-0.1, -0.05) is 24.3 Å². The van der Waals surface area contributed by atoms with Crippen LogP contribution in [0.5, 0.6) is 11.6 Å². The summed E-state index contributed by atoms with van der Waals surface area (Å²) in [5.74, 6) is 0.246. The standard InChI is InChI=1S/C34H36N4O6/c1-4-43-33-28(34(40)41)19-35-38(33)30-10-6-9-29(36-30)27-8-5-7-21(2)31(27)44-20-23-11-12-26-25(22(23)3)13-16-37(32(26)39)24-14-17-42-18-15-24/h5-12,19,24H,4,13-18,20H2,1-3H3,(H,40,41). The molecule has 1 saturated heterocycles. The van der Waals surface area contributed by atoms with Gasteiger partial charge in [0.05, 0.1) is 18.5 Å². The zero-order chi connectivity index (χ0) is 30.8. The molecule has 4 aromatic rings. The third-order valence-corrected chi connectivity index (χ3v) is 8.48. The van der Waals surface area contributed by atoms with Crippen molar-refractivity contribution >= 4 is 11.9 Å². The summed E-state index contributed by atoms with van der Waals surface area (Å²) in [6.45, 7) is 8.61. The summed E-state index contributed by atoms with van der Waals surface area (Å²) in [5, 5.41) is 13.8. The number of carboxylic acids is 1. The molecule has 0 radical (unpaired) electrons. The van der Waals surface area contributed by atoms with Crippen molar-refractivity contribution in [2.45, 2.75) is 52.7 Å². The van der Waals surface area contributed by atoms with Crippen LogP contribution in [-0.4, -0.2) is 69.1 Å². The van der Waals surface area contributed by atoms with E-state index in [4.69, 9.17) is 19.2 Å². The van der Waals surface area contributed by atoms with Gasteiger partial charge in [0.2, 0.25) is 5.88 Å². The highest BCUT2D eigenvalue weighted by Gasteiger charge is 2.32. The number of ether oxygens (including phenoxy) is 3. The zero-order valence-electron chi connectivity index (χ0n) is 25.2. The number of benzene rings is 2. The summed E-state index contributed by atoms with van der Waals surface area (Å²) in [4.78, 5) is 32.0. The predicted octanol–water partition coefficient (Wildman–Crippen LogP) is 5.40. The first-order chi connectivity index (χ1) is 21.4. The fraction of sp³-hybridized carbons (Fsp3) is 0.353. The highest BCUT2D eigenvalue weighted by molar-refractivity contribution is 5.97. The number of aryl methyl sites for hydroxylation is 1. The average molecular weight is 597 g/mol. The maximum Gasteiger partial charge on any atom is 0.342 e. The summed E-state index contributed by atoms with van der Waals surface area (Å²) in [7, 11) is 0. The molecule has 2 aliphatic heterocycles. The molecule has 10 heteroatoms. The Balaban J connectivity index is 1.26. The fourth-order valence-electron chi connectivity index (χ4n) is 6.13. The third-order valence-electron chi connectivity index (χ3n) is 8.48. The van der Waals surface area contributed by atoms with Crippen LogP contribution in [0.2, 0.25) is 0 Å². The second-order valence-corrected chi connectivity index (χ2v) is 11.1. The van der Waals surface area contributed by atoms with E-state index in [0.717, 1.165) is 59.2 Å². The molecule has 0 atom stereocenters. The van der Waals surface area contributed by atoms with Crippen molar-refractivity contribution in [2.24, 2.45) is 0 Å². The van der Waals surface area contributed by atoms with Gasteiger partial charge in [0.1, 0.15) is 17.9 Å². The molecule has 0 bridgehead atoms. The van der Waals surface area contributed by atoms with Crippen molar-refractivity contribution in [1.82, 2.24) is 19.7 Å². The van der Waals surface area contributed by atoms with E-state index in [1.807, 2.05) is 54.3 Å². The maximum absolute atomic E-state index is 13.4. The van der Waals surface area contributed by atoms with Gasteiger partial charge < -0.3 is 24.2 Å². The van der Waals surface area contributed by atoms with Crippen LogP contribution in [-0.2, 0) is 17.8 Å². The van der Waals surface area contributed by atoms with Crippen LogP contribution in [0.15, 0.2) is 54.7 Å². The number of amides is 1. The molecule has 10 nitrogen and oxygen atoms in total. The summed E-state index contributed by atoms with van der Waals surface area (Å²) < 4.78 is 19.0. The minimum atomic E-state index is -1.12. The van der Waals surface area contributed by atoms with E-state index in [2.05, 4.69) is 12.0 Å². The number of carbonyl (C=O) groups is 2. The van der Waals surface area contributed by atoms with Crippen molar-refractivity contribution in [3.63, 3.8) is 0 Å². The van der Waals surface area contributed by atoms with Crippen molar-refractivity contribution < 1.29 is 28.9 Å². The Morgan fingerprint density at radius 3 is 2.61 bits per heavy atom. The number of nitrogens with zero attached hydrogens (tertiary/aromatic N) is 4. The first-order valence-corrected chi connectivity index (χ1v) is 15.0. The van der Waals surface area contributed by atoms with Gasteiger partial charge in [0.15, 0.2) is 5.82 Å². The fourth-order valence-corrected chi connectivity index (χ4v) is 6.13. The lowest BCUT2D eigenvalue weighted by Gasteiger charge is -2.38. The van der Waals surface area contributed by atoms with Gasteiger partial charge in [-0.25, -0.2) is 9.78 Å². The predicted molar refractivity (Wildman–Crippen MR) is 164 cm³/mol. The Kier molecular flexibility index (Phi) is 8.34. The van der Waals surface area contributed by atoms with Crippen LogP contribution in [0, 0.1) is 13.8 Å². The molecule has 4 heterocycles. The van der Waals surface area contributed by atoms with Crippen LogP contribution in [0.1, 0.15) is 62.7 Å². The van der Waals surface area contributed by atoms with E-state index < -0.39 is 5.97 Å². The van der Waals surface area contributed by atoms with Gasteiger partial charge in [-0.05, 0) is 86.6 Å². The van der Waals surface area contributed by atoms with Crippen molar-refractivity contribution in [1.29, 1.82) is 0 Å². The lowest BCUT2D eigenvalue weighted by atomic mass is 9.90. The number of aromatic nitrogens is 3. The number of pyridine rings is 1. The second-order valence-electron chi connectivity index (χ2n) is 11.1. The molecule has 1 fully saturated rings. The number of carboxylic acid groups (broad SMARTS) is 1. The molecule has 0 spiro atoms. The van der Waals surface area contributed by atoms with E-state index >= 15 is 0 Å². The molecule has 0 saturated carbocycles. The smallest absolute Gasteiger partial charge is 0.342 e. The summed E-state index contributed by atoms with van der Waals surface area (Å²) >= 11 is 0. The van der Waals surface area contributed by atoms with Crippen LogP contribution < -0.4 is 9.47 Å². The van der Waals surface area contributed by atoms with Crippen molar-refractivity contribution in [2.75, 3.05) is 26.4 Å². The van der Waals surface area contributed by atoms with Crippen molar-refractivity contribution in [3.05, 3.63) is 88.1 Å². The Morgan fingerprint density at radius 1 is 1.05 bits per heavy atom. The summed E-state index contributed by atoms with van der Waals surface area (Å²) in [6, 6.07) is 15.6. The molecule has 44 heavy (non-hydrogen) atoms. The minimum absolute atomic E-state index is 0.0305. The van der Waals surface area contributed by atoms with Gasteiger partial charge in [-0.15, -0.1) is 0 Å². The summed E-state index contributed by atoms with van der Waals surface area (Å²) in [6.07, 6.45) is 3.87. The van der Waals surface area contributed by atoms with Gasteiger partial charge in [0, 0.05) is 36.9 Å². The van der Waals surface area contributed by atoms with Crippen LogP contribution >= 0.6 is 0 Å². The van der Waals surface area contributed by atoms with Crippen LogP contribution in [0.4, 0.5) is 0 Å². The minimum Gasteiger partial charge on any atom is -0.488 e. The Labute approximate surface area is 256 Å². The number of aromatic carboxylic acids is 1. The third kappa shape index (κ3) is 5.53. The zero-order valence-corrected chi connectivity index (χ0v) is 25.2. The largest absolute Gasteiger partial charge is 0.488 e. The lowest BCUT2D eigenvalue weighted by molar-refractivity contribution is 0.0276. The number of hydrogen-bond donors (Lipinski definition) is 1. The van der Waals surface area contributed by atoms with Gasteiger partial charge in [0.25, 0.3) is 5.91 Å². The monoisotopic (exact) mass is 596 g/mol. The van der Waals surface area contributed by atoms with E-state index in [0.29, 0.717) is 37.1 Å². The average Bonchev–Trinajstić information content (AvgIpc) is 3.46. The van der Waals surface area contributed by atoms with E-state index in [9.17, 15) is 14.7 Å². The molecule has 2 aromatic carbocycles. The molecule has 0 aliphatic carbocycles. The molecular formula is C34H36N4O6. The summed E-state index contributed by atoms with van der Waals surface area (Å²) in [5.41, 5.74) is 6.39. The quantitative estimate of drug-likeness (QED) is 0.273. The van der Waals surface area contributed by atoms with Crippen LogP contribution in [0.3, 0.4) is 0 Å². The van der Waals surface area contributed by atoms with E-state index in [1.54, 1.807) is 13.0 Å². The normalized spacial score (nSPS) is 15.2. The molecule has 228 valence electrons. The Morgan fingerprint density at radius 2 is 1.84 bits per heavy atom. The number of para-hydroxylation sites is 1. The molecular weight excluding hydrogens is 560 g/mol. The Hall–Kier alpha value is -4.70. The second kappa shape index (κ2) is 12.5. The van der Waals surface area contributed by atoms with Crippen molar-refractivity contribution in [3.8, 4) is 28.7 Å². The molecule has 0 unspecified atom stereocenters. The number of fused-ring (bicyclic) bond motifs is 1. The SMILES string of the molecule is CCOc1c(C(=O)O)cnn1-c1cccc(-c2cccc(C)c2OCc2ccc3c(c2C)CCN(C2CCOCC2)C3=O)n1. The van der Waals surface area contributed by atoms with Crippen LogP contribution in [0.25, 0.3) is 17.1 Å². The van der Waals surface area contributed by atoms with E-state index in [1.165, 1.54) is 10.9 Å². The highest BCUT2D eigenvalue weighted by Crippen LogP contribution is 2.35. The number of hydrogen-bond acceptors (Lipinski definition) is 7. The maximum atomic E-state index is 13.4. The number of carbonyl (C=O) groups excluding carboxylic acids is 1. The number of rotatable bonds is 9. The first kappa shape index (κ1) is 29.4. The van der Waals surface area contributed by atoms with Gasteiger partial charge in [-0.2, -0.15) is 9.78 Å². The van der Waals surface area contributed by atoms with Gasteiger partial charge >= 0.3 is 5.97 Å². The molecule has 1 N–H and O–H groups in total. The topological polar surface area (TPSA) is 116 Å². The molecule has 6 rings (SSSR count). The van der Waals surface area contributed by atoms with Gasteiger partial charge in [-0.3, -0.25) is 4.79 Å². The molecule has 2 aliphatic rings. The molecule has 2 aromatic heterocycles. The highest BCUT2D eigenvalue weighted by atomic mass is 16.5. The van der Waals surface area contributed by atoms with E-state index in [-0.39, 0.29) is 30.0 Å². The first-order valence-electron chi connectivity index (χ1n) is 15.0.